The number of nitrogens with zero attached hydrogens (tertiary/aromatic N) is 3. The summed E-state index contributed by atoms with van der Waals surface area (Å²) in [5, 5.41) is 12.4. The van der Waals surface area contributed by atoms with Crippen LogP contribution >= 0.6 is 11.3 Å². The number of carbonyl (C=O) groups is 2. The number of nitrogens with one attached hydrogen (secondary N) is 2. The van der Waals surface area contributed by atoms with Gasteiger partial charge in [0.15, 0.2) is 5.65 Å². The molecular weight excluding hydrogens is 362 g/mol. The second-order valence-corrected chi connectivity index (χ2v) is 6.95. The first kappa shape index (κ1) is 18.6. The number of fused-ring (bicyclic) bond motifs is 1. The summed E-state index contributed by atoms with van der Waals surface area (Å²) in [5.41, 5.74) is 1.90. The van der Waals surface area contributed by atoms with Crippen LogP contribution in [0.25, 0.3) is 11.0 Å². The van der Waals surface area contributed by atoms with Crippen LogP contribution in [0, 0.1) is 19.3 Å². The molecule has 0 fully saturated rings. The quantitative estimate of drug-likeness (QED) is 0.610. The molecule has 0 unspecified atom stereocenters. The van der Waals surface area contributed by atoms with Crippen molar-refractivity contribution in [3.05, 3.63) is 45.9 Å². The Morgan fingerprint density at radius 3 is 2.96 bits per heavy atom. The van der Waals surface area contributed by atoms with Gasteiger partial charge in [0, 0.05) is 23.5 Å². The van der Waals surface area contributed by atoms with E-state index in [9.17, 15) is 9.59 Å². The zero-order chi connectivity index (χ0) is 19.2. The Labute approximate surface area is 160 Å². The molecule has 0 saturated heterocycles. The SMILES string of the molecule is C#CCNC(=O)CCNC(=O)c1cc(C)nc2c1cnn2Cc1cccs1. The number of hydrogen-bond acceptors (Lipinski definition) is 5. The van der Waals surface area contributed by atoms with Crippen molar-refractivity contribution in [2.24, 2.45) is 0 Å². The van der Waals surface area contributed by atoms with E-state index < -0.39 is 0 Å². The molecule has 0 aliphatic rings. The van der Waals surface area contributed by atoms with Crippen molar-refractivity contribution in [3.63, 3.8) is 0 Å². The first-order valence-electron chi connectivity index (χ1n) is 8.42. The van der Waals surface area contributed by atoms with Gasteiger partial charge in [0.25, 0.3) is 5.91 Å². The standard InChI is InChI=1S/C19H19N5O2S/c1-3-7-20-17(25)6-8-21-19(26)15-10-13(2)23-18-16(15)11-22-24(18)12-14-5-4-9-27-14/h1,4-5,9-11H,6-8,12H2,2H3,(H,20,25)(H,21,26). The smallest absolute Gasteiger partial charge is 0.252 e. The second kappa shape index (κ2) is 8.47. The molecule has 3 aromatic rings. The van der Waals surface area contributed by atoms with Gasteiger partial charge in [-0.15, -0.1) is 17.8 Å². The number of aromatic nitrogens is 3. The van der Waals surface area contributed by atoms with E-state index in [1.807, 2.05) is 24.4 Å². The summed E-state index contributed by atoms with van der Waals surface area (Å²) in [6.07, 6.45) is 6.92. The van der Waals surface area contributed by atoms with Crippen LogP contribution in [-0.4, -0.2) is 39.7 Å². The Kier molecular flexibility index (Phi) is 5.84. The van der Waals surface area contributed by atoms with Gasteiger partial charge in [-0.1, -0.05) is 12.0 Å². The highest BCUT2D eigenvalue weighted by Gasteiger charge is 2.16. The molecule has 3 heterocycles. The number of terminal acetylenes is 1. The Morgan fingerprint density at radius 1 is 1.37 bits per heavy atom. The fraction of sp³-hybridized carbons (Fsp3) is 0.263. The molecule has 7 nitrogen and oxygen atoms in total. The lowest BCUT2D eigenvalue weighted by Gasteiger charge is -2.08. The van der Waals surface area contributed by atoms with Gasteiger partial charge in [-0.2, -0.15) is 5.10 Å². The molecule has 3 aromatic heterocycles. The molecular formula is C19H19N5O2S. The molecule has 0 spiro atoms. The van der Waals surface area contributed by atoms with E-state index in [4.69, 9.17) is 6.42 Å². The number of carbonyl (C=O) groups excluding carboxylic acids is 2. The van der Waals surface area contributed by atoms with Gasteiger partial charge >= 0.3 is 0 Å². The van der Waals surface area contributed by atoms with Crippen molar-refractivity contribution in [1.82, 2.24) is 25.4 Å². The average molecular weight is 381 g/mol. The minimum atomic E-state index is -0.258. The van der Waals surface area contributed by atoms with Crippen LogP contribution < -0.4 is 10.6 Å². The van der Waals surface area contributed by atoms with Crippen molar-refractivity contribution in [2.45, 2.75) is 19.9 Å². The molecule has 2 N–H and O–H groups in total. The van der Waals surface area contributed by atoms with Crippen LogP contribution in [-0.2, 0) is 11.3 Å². The Bertz CT molecular complexity index is 1000. The largest absolute Gasteiger partial charge is 0.351 e. The lowest BCUT2D eigenvalue weighted by molar-refractivity contribution is -0.120. The van der Waals surface area contributed by atoms with Gasteiger partial charge in [0.05, 0.1) is 30.2 Å². The van der Waals surface area contributed by atoms with E-state index in [-0.39, 0.29) is 31.3 Å². The number of pyridine rings is 1. The summed E-state index contributed by atoms with van der Waals surface area (Å²) in [4.78, 5) is 29.9. The Morgan fingerprint density at radius 2 is 2.22 bits per heavy atom. The third-order valence-corrected chi connectivity index (χ3v) is 4.75. The van der Waals surface area contributed by atoms with Crippen LogP contribution in [0.4, 0.5) is 0 Å². The maximum absolute atomic E-state index is 12.6. The number of aryl methyl sites for hydroxylation is 1. The van der Waals surface area contributed by atoms with Gasteiger partial charge in [-0.3, -0.25) is 9.59 Å². The Balaban J connectivity index is 1.74. The first-order valence-corrected chi connectivity index (χ1v) is 9.30. The maximum atomic E-state index is 12.6. The van der Waals surface area contributed by atoms with Crippen molar-refractivity contribution in [1.29, 1.82) is 0 Å². The lowest BCUT2D eigenvalue weighted by atomic mass is 10.1. The van der Waals surface area contributed by atoms with Crippen molar-refractivity contribution >= 4 is 34.2 Å². The molecule has 2 amide bonds. The van der Waals surface area contributed by atoms with E-state index in [0.717, 1.165) is 10.6 Å². The summed E-state index contributed by atoms with van der Waals surface area (Å²) in [6, 6.07) is 5.75. The third-order valence-electron chi connectivity index (χ3n) is 3.89. The Hall–Kier alpha value is -3.18. The fourth-order valence-corrected chi connectivity index (χ4v) is 3.34. The normalized spacial score (nSPS) is 10.5. The maximum Gasteiger partial charge on any atom is 0.252 e. The van der Waals surface area contributed by atoms with E-state index in [1.165, 1.54) is 0 Å². The van der Waals surface area contributed by atoms with Crippen LogP contribution in [0.1, 0.15) is 27.3 Å². The molecule has 0 aromatic carbocycles. The molecule has 0 bridgehead atoms. The van der Waals surface area contributed by atoms with Crippen LogP contribution in [0.15, 0.2) is 29.8 Å². The molecule has 138 valence electrons. The van der Waals surface area contributed by atoms with Crippen molar-refractivity contribution in [2.75, 3.05) is 13.1 Å². The van der Waals surface area contributed by atoms with E-state index in [2.05, 4.69) is 26.6 Å². The highest BCUT2D eigenvalue weighted by molar-refractivity contribution is 7.09. The summed E-state index contributed by atoms with van der Waals surface area (Å²) >= 11 is 1.65. The van der Waals surface area contributed by atoms with Gasteiger partial charge in [-0.05, 0) is 24.4 Å². The van der Waals surface area contributed by atoms with Crippen molar-refractivity contribution < 1.29 is 9.59 Å². The zero-order valence-corrected chi connectivity index (χ0v) is 15.7. The van der Waals surface area contributed by atoms with Gasteiger partial charge in [0.1, 0.15) is 0 Å². The van der Waals surface area contributed by atoms with Gasteiger partial charge in [-0.25, -0.2) is 9.67 Å². The van der Waals surface area contributed by atoms with Crippen molar-refractivity contribution in [3.8, 4) is 12.3 Å². The van der Waals surface area contributed by atoms with E-state index in [0.29, 0.717) is 23.1 Å². The number of rotatable bonds is 7. The van der Waals surface area contributed by atoms with E-state index >= 15 is 0 Å². The molecule has 0 saturated carbocycles. The second-order valence-electron chi connectivity index (χ2n) is 5.92. The zero-order valence-electron chi connectivity index (χ0n) is 14.9. The minimum Gasteiger partial charge on any atom is -0.351 e. The predicted octanol–water partition coefficient (Wildman–Crippen LogP) is 1.72. The summed E-state index contributed by atoms with van der Waals surface area (Å²) < 4.78 is 1.79. The average Bonchev–Trinajstić information content (AvgIpc) is 3.30. The first-order chi connectivity index (χ1) is 13.1. The molecule has 3 rings (SSSR count). The predicted molar refractivity (Wildman–Crippen MR) is 104 cm³/mol. The topological polar surface area (TPSA) is 88.9 Å². The fourth-order valence-electron chi connectivity index (χ4n) is 2.65. The minimum absolute atomic E-state index is 0.165. The number of amides is 2. The molecule has 8 heteroatoms. The monoisotopic (exact) mass is 381 g/mol. The van der Waals surface area contributed by atoms with Gasteiger partial charge in [0.2, 0.25) is 5.91 Å². The molecule has 0 aliphatic carbocycles. The number of thiophene rings is 1. The van der Waals surface area contributed by atoms with Crippen LogP contribution in [0.3, 0.4) is 0 Å². The van der Waals surface area contributed by atoms with Gasteiger partial charge < -0.3 is 10.6 Å². The van der Waals surface area contributed by atoms with Crippen LogP contribution in [0.5, 0.6) is 0 Å². The molecule has 0 atom stereocenters. The molecule has 27 heavy (non-hydrogen) atoms. The summed E-state index contributed by atoms with van der Waals surface area (Å²) in [7, 11) is 0. The molecule has 0 aliphatic heterocycles. The third kappa shape index (κ3) is 4.51. The highest BCUT2D eigenvalue weighted by Crippen LogP contribution is 2.20. The number of hydrogen-bond donors (Lipinski definition) is 2. The lowest BCUT2D eigenvalue weighted by Crippen LogP contribution is -2.31. The van der Waals surface area contributed by atoms with E-state index in [1.54, 1.807) is 28.3 Å². The molecule has 0 radical (unpaired) electrons. The summed E-state index contributed by atoms with van der Waals surface area (Å²) in [5.74, 6) is 1.87. The van der Waals surface area contributed by atoms with Crippen LogP contribution in [0.2, 0.25) is 0 Å². The highest BCUT2D eigenvalue weighted by atomic mass is 32.1. The summed E-state index contributed by atoms with van der Waals surface area (Å²) in [6.45, 7) is 2.85.